The highest BCUT2D eigenvalue weighted by Gasteiger charge is 2.15. The largest absolute Gasteiger partial charge is 0.268 e. The molecule has 0 saturated heterocycles. The van der Waals surface area contributed by atoms with E-state index in [4.69, 9.17) is 21.6 Å². The third kappa shape index (κ3) is 5.06. The molecule has 5 rings (SSSR count). The molecule has 0 aliphatic heterocycles. The second kappa shape index (κ2) is 10.4. The van der Waals surface area contributed by atoms with Gasteiger partial charge in [-0.1, -0.05) is 79.7 Å². The van der Waals surface area contributed by atoms with E-state index in [9.17, 15) is 4.79 Å². The Labute approximate surface area is 217 Å². The van der Waals surface area contributed by atoms with Gasteiger partial charge in [-0.15, -0.1) is 11.3 Å². The van der Waals surface area contributed by atoms with Crippen molar-refractivity contribution in [3.63, 3.8) is 0 Å². The van der Waals surface area contributed by atoms with Crippen molar-refractivity contribution < 1.29 is 0 Å². The first-order valence-electron chi connectivity index (χ1n) is 11.5. The second-order valence-electron chi connectivity index (χ2n) is 8.40. The van der Waals surface area contributed by atoms with Crippen LogP contribution in [0.15, 0.2) is 88.1 Å². The summed E-state index contributed by atoms with van der Waals surface area (Å²) >= 11 is 9.34. The van der Waals surface area contributed by atoms with Crippen LogP contribution < -0.4 is 5.56 Å². The molecule has 0 fully saturated rings. The standard InChI is InChI=1S/C28H24ClN3OS2/c1-3-18(2)19-9-12-23(13-10-19)32-27(33)24-14-11-21(29)15-25(24)31-28(32)35-17-22-16-34-26(30-22)20-7-5-4-6-8-20/h4-16,18H,3,17H2,1-2H3. The monoisotopic (exact) mass is 517 g/mol. The van der Waals surface area contributed by atoms with E-state index in [0.717, 1.165) is 28.4 Å². The number of benzene rings is 3. The van der Waals surface area contributed by atoms with E-state index in [1.807, 2.05) is 30.3 Å². The first-order chi connectivity index (χ1) is 17.0. The summed E-state index contributed by atoms with van der Waals surface area (Å²) in [5.74, 6) is 1.07. The second-order valence-corrected chi connectivity index (χ2v) is 10.6. The minimum Gasteiger partial charge on any atom is -0.268 e. The maximum absolute atomic E-state index is 13.6. The number of rotatable bonds is 7. The molecule has 2 heterocycles. The van der Waals surface area contributed by atoms with E-state index in [-0.39, 0.29) is 5.56 Å². The molecule has 0 aliphatic rings. The maximum Gasteiger partial charge on any atom is 0.266 e. The first kappa shape index (κ1) is 23.8. The zero-order chi connectivity index (χ0) is 24.4. The predicted octanol–water partition coefficient (Wildman–Crippen LogP) is 7.97. The molecule has 0 radical (unpaired) electrons. The molecule has 1 unspecified atom stereocenters. The van der Waals surface area contributed by atoms with Crippen LogP contribution >= 0.6 is 34.7 Å². The van der Waals surface area contributed by atoms with Crippen molar-refractivity contribution in [1.29, 1.82) is 0 Å². The maximum atomic E-state index is 13.6. The quantitative estimate of drug-likeness (QED) is 0.162. The van der Waals surface area contributed by atoms with E-state index >= 15 is 0 Å². The molecule has 0 aliphatic carbocycles. The van der Waals surface area contributed by atoms with Crippen molar-refractivity contribution in [2.45, 2.75) is 37.1 Å². The van der Waals surface area contributed by atoms with Crippen LogP contribution in [0.25, 0.3) is 27.2 Å². The number of thiazole rings is 1. The van der Waals surface area contributed by atoms with Crippen LogP contribution in [0, 0.1) is 0 Å². The van der Waals surface area contributed by atoms with Crippen molar-refractivity contribution in [2.24, 2.45) is 0 Å². The Morgan fingerprint density at radius 1 is 1.03 bits per heavy atom. The predicted molar refractivity (Wildman–Crippen MR) is 148 cm³/mol. The summed E-state index contributed by atoms with van der Waals surface area (Å²) in [5, 5.41) is 4.77. The third-order valence-corrected chi connectivity index (χ3v) is 8.20. The first-order valence-corrected chi connectivity index (χ1v) is 13.7. The summed E-state index contributed by atoms with van der Waals surface area (Å²) in [6.45, 7) is 4.39. The molecular weight excluding hydrogens is 494 g/mol. The fraction of sp³-hybridized carbons (Fsp3) is 0.179. The number of halogens is 1. The smallest absolute Gasteiger partial charge is 0.266 e. The topological polar surface area (TPSA) is 47.8 Å². The van der Waals surface area contributed by atoms with Gasteiger partial charge in [0.2, 0.25) is 0 Å². The van der Waals surface area contributed by atoms with Crippen LogP contribution in [0.3, 0.4) is 0 Å². The summed E-state index contributed by atoms with van der Waals surface area (Å²) in [7, 11) is 0. The van der Waals surface area contributed by atoms with Crippen LogP contribution in [-0.2, 0) is 5.75 Å². The molecule has 1 atom stereocenters. The molecule has 3 aromatic carbocycles. The Morgan fingerprint density at radius 3 is 2.54 bits per heavy atom. The third-order valence-electron chi connectivity index (χ3n) is 6.05. The molecule has 7 heteroatoms. The fourth-order valence-corrected chi connectivity index (χ4v) is 5.88. The van der Waals surface area contributed by atoms with Crippen LogP contribution in [-0.4, -0.2) is 14.5 Å². The van der Waals surface area contributed by atoms with E-state index in [2.05, 4.69) is 43.5 Å². The number of nitrogens with zero attached hydrogens (tertiary/aromatic N) is 3. The lowest BCUT2D eigenvalue weighted by atomic mass is 9.98. The van der Waals surface area contributed by atoms with Crippen molar-refractivity contribution in [3.8, 4) is 16.3 Å². The van der Waals surface area contributed by atoms with E-state index in [0.29, 0.717) is 32.8 Å². The lowest BCUT2D eigenvalue weighted by Gasteiger charge is -2.15. The normalized spacial score (nSPS) is 12.2. The van der Waals surface area contributed by atoms with Gasteiger partial charge in [-0.25, -0.2) is 9.97 Å². The van der Waals surface area contributed by atoms with Gasteiger partial charge in [-0.3, -0.25) is 9.36 Å². The Hall–Kier alpha value is -2.93. The summed E-state index contributed by atoms with van der Waals surface area (Å²) in [5.41, 5.74) is 4.62. The van der Waals surface area contributed by atoms with E-state index in [1.165, 1.54) is 17.3 Å². The molecule has 0 N–H and O–H groups in total. The van der Waals surface area contributed by atoms with Crippen molar-refractivity contribution >= 4 is 45.6 Å². The highest BCUT2D eigenvalue weighted by Crippen LogP contribution is 2.29. The average molecular weight is 518 g/mol. The Balaban J connectivity index is 1.52. The number of hydrogen-bond acceptors (Lipinski definition) is 5. The lowest BCUT2D eigenvalue weighted by Crippen LogP contribution is -2.21. The SMILES string of the molecule is CCC(C)c1ccc(-n2c(SCc3csc(-c4ccccc4)n3)nc3cc(Cl)ccc3c2=O)cc1. The highest BCUT2D eigenvalue weighted by molar-refractivity contribution is 7.98. The van der Waals surface area contributed by atoms with Crippen molar-refractivity contribution in [1.82, 2.24) is 14.5 Å². The zero-order valence-electron chi connectivity index (χ0n) is 19.4. The molecule has 5 aromatic rings. The van der Waals surface area contributed by atoms with Crippen LogP contribution in [0.1, 0.15) is 37.4 Å². The molecule has 0 amide bonds. The van der Waals surface area contributed by atoms with Gasteiger partial charge in [0.15, 0.2) is 5.16 Å². The molecule has 0 saturated carbocycles. The Bertz CT molecular complexity index is 1530. The van der Waals surface area contributed by atoms with Crippen LogP contribution in [0.5, 0.6) is 0 Å². The van der Waals surface area contributed by atoms with Crippen molar-refractivity contribution in [3.05, 3.63) is 105 Å². The number of aromatic nitrogens is 3. The van der Waals surface area contributed by atoms with Crippen molar-refractivity contribution in [2.75, 3.05) is 0 Å². The molecule has 0 spiro atoms. The zero-order valence-corrected chi connectivity index (χ0v) is 21.8. The molecule has 2 aromatic heterocycles. The average Bonchev–Trinajstić information content (AvgIpc) is 3.37. The van der Waals surface area contributed by atoms with Gasteiger partial charge in [-0.05, 0) is 48.2 Å². The summed E-state index contributed by atoms with van der Waals surface area (Å²) in [6, 6.07) is 23.6. The minimum atomic E-state index is -0.103. The highest BCUT2D eigenvalue weighted by atomic mass is 35.5. The Kier molecular flexibility index (Phi) is 7.04. The number of fused-ring (bicyclic) bond motifs is 1. The van der Waals surface area contributed by atoms with E-state index < -0.39 is 0 Å². The lowest BCUT2D eigenvalue weighted by molar-refractivity contribution is 0.732. The van der Waals surface area contributed by atoms with Crippen LogP contribution in [0.4, 0.5) is 0 Å². The van der Waals surface area contributed by atoms with Gasteiger partial charge in [-0.2, -0.15) is 0 Å². The summed E-state index contributed by atoms with van der Waals surface area (Å²) in [6.07, 6.45) is 1.07. The molecule has 4 nitrogen and oxygen atoms in total. The summed E-state index contributed by atoms with van der Waals surface area (Å²) < 4.78 is 1.70. The van der Waals surface area contributed by atoms with Gasteiger partial charge >= 0.3 is 0 Å². The van der Waals surface area contributed by atoms with Gasteiger partial charge in [0, 0.05) is 21.7 Å². The van der Waals surface area contributed by atoms with Gasteiger partial charge in [0.25, 0.3) is 5.56 Å². The molecular formula is C28H24ClN3OS2. The Morgan fingerprint density at radius 2 is 1.80 bits per heavy atom. The minimum absolute atomic E-state index is 0.103. The van der Waals surface area contributed by atoms with Gasteiger partial charge in [0.1, 0.15) is 5.01 Å². The molecule has 0 bridgehead atoms. The summed E-state index contributed by atoms with van der Waals surface area (Å²) in [4.78, 5) is 23.2. The van der Waals surface area contributed by atoms with Gasteiger partial charge < -0.3 is 0 Å². The van der Waals surface area contributed by atoms with Crippen LogP contribution in [0.2, 0.25) is 5.02 Å². The van der Waals surface area contributed by atoms with E-state index in [1.54, 1.807) is 34.1 Å². The molecule has 35 heavy (non-hydrogen) atoms. The molecule has 176 valence electrons. The number of thioether (sulfide) groups is 1. The number of hydrogen-bond donors (Lipinski definition) is 0. The fourth-order valence-electron chi connectivity index (χ4n) is 3.88. The van der Waals surface area contributed by atoms with Gasteiger partial charge in [0.05, 0.1) is 22.3 Å².